The van der Waals surface area contributed by atoms with Gasteiger partial charge in [0.15, 0.2) is 5.82 Å². The Morgan fingerprint density at radius 1 is 1.06 bits per heavy atom. The number of benzene rings is 1. The first-order valence-corrected chi connectivity index (χ1v) is 20.9. The SMILES string of the molecule is CC(C)[C@@H](C)[C@@]1(C)CC[C@]2(C)[C@H]3CC[C@@H]4[C@@]5(C)COC[C@@]4(C3=CC[C@@]2(C)[C@@H]1C(=O)O)[C@@H](OC[C@](C)(N)C(C)C)[C@H](n1ncnc1C=Cc1ccccc1)C5. The maximum absolute atomic E-state index is 13.6. The van der Waals surface area contributed by atoms with Gasteiger partial charge in [0.1, 0.15) is 6.33 Å². The molecule has 1 saturated heterocycles. The maximum atomic E-state index is 13.6. The Balaban J connectivity index is 1.38. The fourth-order valence-corrected chi connectivity index (χ4v) is 12.9. The smallest absolute Gasteiger partial charge is 0.307 e. The molecule has 2 heterocycles. The molecule has 7 rings (SSSR count). The molecule has 5 aliphatic rings. The molecule has 2 aromatic rings. The normalized spacial score (nSPS) is 40.8. The van der Waals surface area contributed by atoms with Crippen LogP contribution < -0.4 is 5.73 Å². The van der Waals surface area contributed by atoms with Gasteiger partial charge in [-0.05, 0) is 108 Å². The third kappa shape index (κ3) is 5.81. The van der Waals surface area contributed by atoms with Gasteiger partial charge >= 0.3 is 5.97 Å². The first-order valence-electron chi connectivity index (χ1n) is 20.9. The van der Waals surface area contributed by atoms with E-state index < -0.39 is 28.3 Å². The zero-order chi connectivity index (χ0) is 39.1. The number of aromatic nitrogens is 3. The Labute approximate surface area is 324 Å². The molecule has 8 nitrogen and oxygen atoms in total. The summed E-state index contributed by atoms with van der Waals surface area (Å²) in [5.74, 6) is 1.26. The van der Waals surface area contributed by atoms with Gasteiger partial charge < -0.3 is 20.3 Å². The summed E-state index contributed by atoms with van der Waals surface area (Å²) in [5.41, 5.74) is 7.64. The standard InChI is InChI=1S/C46H68N4O4/c1-29(2)31(5)42(7)22-23-43(8)33-17-18-36-41(6)24-35(50-37(48-28-49-50)19-16-32-14-12-11-13-15-32)39(54-26-45(10,47)30(3)4)46(36,27-53-25-41)34(33)20-21-44(43,9)38(42)40(51)52/h11-16,19-20,28-31,33,35-36,38-39H,17-18,21-27,47H2,1-10H3,(H,51,52)/t31-,33+,35-,36-,38-,39+,41-,42-,43-,44+,45+,46+/m1/s1. The highest BCUT2D eigenvalue weighted by Crippen LogP contribution is 2.75. The predicted octanol–water partition coefficient (Wildman–Crippen LogP) is 9.34. The first-order chi connectivity index (χ1) is 25.4. The van der Waals surface area contributed by atoms with Crippen molar-refractivity contribution in [3.8, 4) is 0 Å². The zero-order valence-electron chi connectivity index (χ0n) is 34.8. The predicted molar refractivity (Wildman–Crippen MR) is 215 cm³/mol. The van der Waals surface area contributed by atoms with Crippen molar-refractivity contribution in [2.75, 3.05) is 19.8 Å². The molecule has 2 bridgehead atoms. The second-order valence-electron chi connectivity index (χ2n) is 20.3. The minimum absolute atomic E-state index is 0.0925. The fourth-order valence-electron chi connectivity index (χ4n) is 12.9. The Morgan fingerprint density at radius 3 is 2.44 bits per heavy atom. The summed E-state index contributed by atoms with van der Waals surface area (Å²) in [5, 5.41) is 16.2. The molecule has 4 aliphatic carbocycles. The van der Waals surface area contributed by atoms with Crippen LogP contribution in [-0.2, 0) is 14.3 Å². The molecule has 3 saturated carbocycles. The molecule has 12 atom stereocenters. The number of ether oxygens (including phenoxy) is 2. The average Bonchev–Trinajstić information content (AvgIpc) is 3.59. The lowest BCUT2D eigenvalue weighted by atomic mass is 9.34. The van der Waals surface area contributed by atoms with Crippen LogP contribution >= 0.6 is 0 Å². The molecule has 0 spiro atoms. The van der Waals surface area contributed by atoms with E-state index in [2.05, 4.69) is 116 Å². The number of nitrogens with two attached hydrogens (primary N) is 1. The molecule has 1 aromatic heterocycles. The molecule has 4 fully saturated rings. The number of carbonyl (C=O) groups is 1. The first kappa shape index (κ1) is 39.4. The van der Waals surface area contributed by atoms with Crippen LogP contribution in [0.5, 0.6) is 0 Å². The monoisotopic (exact) mass is 741 g/mol. The number of carboxylic acids is 1. The van der Waals surface area contributed by atoms with Gasteiger partial charge in [-0.3, -0.25) is 4.79 Å². The molecule has 296 valence electrons. The third-order valence-corrected chi connectivity index (χ3v) is 17.0. The average molecular weight is 741 g/mol. The van der Waals surface area contributed by atoms with E-state index in [9.17, 15) is 9.90 Å². The highest BCUT2D eigenvalue weighted by Gasteiger charge is 2.72. The molecular formula is C46H68N4O4. The quantitative estimate of drug-likeness (QED) is 0.234. The van der Waals surface area contributed by atoms with Gasteiger partial charge in [0.25, 0.3) is 0 Å². The van der Waals surface area contributed by atoms with Gasteiger partial charge in [0, 0.05) is 11.0 Å². The van der Waals surface area contributed by atoms with Gasteiger partial charge in [-0.25, -0.2) is 9.67 Å². The van der Waals surface area contributed by atoms with E-state index in [4.69, 9.17) is 25.3 Å². The molecule has 1 aliphatic heterocycles. The lowest BCUT2D eigenvalue weighted by molar-refractivity contribution is -0.254. The van der Waals surface area contributed by atoms with Crippen molar-refractivity contribution in [3.05, 3.63) is 59.7 Å². The Bertz CT molecular complexity index is 1770. The van der Waals surface area contributed by atoms with E-state index in [1.807, 2.05) is 6.07 Å². The van der Waals surface area contributed by atoms with E-state index in [0.717, 1.165) is 49.9 Å². The number of allylic oxidation sites excluding steroid dienone is 1. The van der Waals surface area contributed by atoms with Gasteiger partial charge in [-0.2, -0.15) is 5.10 Å². The maximum Gasteiger partial charge on any atom is 0.307 e. The van der Waals surface area contributed by atoms with Crippen LogP contribution in [-0.4, -0.2) is 57.3 Å². The fraction of sp³-hybridized carbons (Fsp3) is 0.717. The topological polar surface area (TPSA) is 112 Å². The Hall–Kier alpha value is -2.81. The molecule has 54 heavy (non-hydrogen) atoms. The lowest BCUT2D eigenvalue weighted by Gasteiger charge is -2.71. The van der Waals surface area contributed by atoms with Gasteiger partial charge in [0.2, 0.25) is 0 Å². The summed E-state index contributed by atoms with van der Waals surface area (Å²) in [6, 6.07) is 10.2. The van der Waals surface area contributed by atoms with E-state index in [1.165, 1.54) is 5.57 Å². The van der Waals surface area contributed by atoms with Gasteiger partial charge in [0.05, 0.1) is 37.9 Å². The van der Waals surface area contributed by atoms with Crippen molar-refractivity contribution in [2.24, 2.45) is 68.3 Å². The summed E-state index contributed by atoms with van der Waals surface area (Å²) >= 11 is 0. The summed E-state index contributed by atoms with van der Waals surface area (Å²) in [6.45, 7) is 24.5. The molecule has 1 aromatic carbocycles. The highest BCUT2D eigenvalue weighted by molar-refractivity contribution is 5.73. The number of hydrogen-bond acceptors (Lipinski definition) is 6. The largest absolute Gasteiger partial charge is 0.481 e. The summed E-state index contributed by atoms with van der Waals surface area (Å²) in [6.07, 6.45) is 13.8. The van der Waals surface area contributed by atoms with Crippen LogP contribution in [0.2, 0.25) is 0 Å². The Kier molecular flexibility index (Phi) is 9.99. The molecular weight excluding hydrogens is 673 g/mol. The highest BCUT2D eigenvalue weighted by atomic mass is 16.5. The van der Waals surface area contributed by atoms with E-state index in [0.29, 0.717) is 37.6 Å². The number of aliphatic carboxylic acids is 1. The van der Waals surface area contributed by atoms with Crippen LogP contribution in [0.4, 0.5) is 0 Å². The minimum atomic E-state index is -0.632. The summed E-state index contributed by atoms with van der Waals surface area (Å²) in [4.78, 5) is 18.4. The molecule has 0 unspecified atom stereocenters. The van der Waals surface area contributed by atoms with Crippen molar-refractivity contribution < 1.29 is 19.4 Å². The second-order valence-corrected chi connectivity index (χ2v) is 20.3. The summed E-state index contributed by atoms with van der Waals surface area (Å²) in [7, 11) is 0. The minimum Gasteiger partial charge on any atom is -0.481 e. The van der Waals surface area contributed by atoms with Crippen molar-refractivity contribution in [3.63, 3.8) is 0 Å². The van der Waals surface area contributed by atoms with Crippen LogP contribution in [0.15, 0.2) is 48.3 Å². The number of fused-ring (bicyclic) bond motifs is 3. The Morgan fingerprint density at radius 2 is 1.78 bits per heavy atom. The lowest BCUT2D eigenvalue weighted by Crippen LogP contribution is -2.70. The zero-order valence-corrected chi connectivity index (χ0v) is 34.8. The van der Waals surface area contributed by atoms with E-state index >= 15 is 0 Å². The van der Waals surface area contributed by atoms with E-state index in [1.54, 1.807) is 6.33 Å². The van der Waals surface area contributed by atoms with Crippen molar-refractivity contribution in [2.45, 2.75) is 125 Å². The van der Waals surface area contributed by atoms with Crippen molar-refractivity contribution in [1.82, 2.24) is 14.8 Å². The molecule has 8 heteroatoms. The van der Waals surface area contributed by atoms with Crippen LogP contribution in [0.25, 0.3) is 12.2 Å². The van der Waals surface area contributed by atoms with Gasteiger partial charge in [-0.1, -0.05) is 110 Å². The second kappa shape index (κ2) is 13.7. The third-order valence-electron chi connectivity index (χ3n) is 17.0. The number of hydrogen-bond donors (Lipinski definition) is 2. The molecule has 3 N–H and O–H groups in total. The van der Waals surface area contributed by atoms with Crippen molar-refractivity contribution >= 4 is 18.1 Å². The molecule has 0 amide bonds. The summed E-state index contributed by atoms with van der Waals surface area (Å²) < 4.78 is 16.3. The number of carboxylic acid groups (broad SMARTS) is 1. The van der Waals surface area contributed by atoms with Gasteiger partial charge in [-0.15, -0.1) is 0 Å². The van der Waals surface area contributed by atoms with Crippen LogP contribution in [0.1, 0.15) is 125 Å². The van der Waals surface area contributed by atoms with Crippen LogP contribution in [0, 0.1) is 62.6 Å². The number of rotatable bonds is 10. The van der Waals surface area contributed by atoms with Crippen LogP contribution in [0.3, 0.4) is 0 Å². The van der Waals surface area contributed by atoms with Crippen molar-refractivity contribution in [1.29, 1.82) is 0 Å². The number of nitrogens with zero attached hydrogens (tertiary/aromatic N) is 3. The molecule has 0 radical (unpaired) electrons. The van der Waals surface area contributed by atoms with E-state index in [-0.39, 0.29) is 40.2 Å².